The molecule has 1 radical (unpaired) electrons. The Balaban J connectivity index is 2.19. The summed E-state index contributed by atoms with van der Waals surface area (Å²) in [5.74, 6) is 0. The number of aromatic nitrogens is 2. The zero-order valence-corrected chi connectivity index (χ0v) is 8.59. The number of fused-ring (bicyclic) bond motifs is 1. The molecule has 0 saturated carbocycles. The molecule has 0 spiro atoms. The van der Waals surface area contributed by atoms with E-state index in [1.807, 2.05) is 24.3 Å². The molecule has 0 unspecified atom stereocenters. The number of nitrogens with zero attached hydrogens (tertiary/aromatic N) is 2. The Kier molecular flexibility index (Phi) is 2.11. The third-order valence-corrected chi connectivity index (χ3v) is 2.56. The van der Waals surface area contributed by atoms with Crippen LogP contribution in [0.3, 0.4) is 0 Å². The molecule has 0 bridgehead atoms. The molecular weight excluding hydrogens is 196 g/mol. The molecule has 0 aliphatic rings. The summed E-state index contributed by atoms with van der Waals surface area (Å²) in [6.07, 6.45) is 5.29. The van der Waals surface area contributed by atoms with Gasteiger partial charge in [-0.2, -0.15) is 0 Å². The highest BCUT2D eigenvalue weighted by Crippen LogP contribution is 2.22. The van der Waals surface area contributed by atoms with Gasteiger partial charge in [0.1, 0.15) is 0 Å². The Morgan fingerprint density at radius 3 is 2.69 bits per heavy atom. The summed E-state index contributed by atoms with van der Waals surface area (Å²) in [7, 11) is 0. The van der Waals surface area contributed by atoms with Gasteiger partial charge in [-0.25, -0.2) is 0 Å². The van der Waals surface area contributed by atoms with Crippen LogP contribution in [0.2, 0.25) is 0 Å². The quantitative estimate of drug-likeness (QED) is 0.610. The van der Waals surface area contributed by atoms with Crippen molar-refractivity contribution >= 4 is 10.9 Å². The van der Waals surface area contributed by atoms with Crippen molar-refractivity contribution in [3.8, 4) is 11.1 Å². The van der Waals surface area contributed by atoms with Gasteiger partial charge >= 0.3 is 0 Å². The van der Waals surface area contributed by atoms with Gasteiger partial charge in [-0.3, -0.25) is 9.97 Å². The van der Waals surface area contributed by atoms with E-state index in [0.717, 1.165) is 10.9 Å². The summed E-state index contributed by atoms with van der Waals surface area (Å²) < 4.78 is 0. The number of rotatable bonds is 1. The maximum Gasteiger partial charge on any atom is 0.0702 e. The highest BCUT2D eigenvalue weighted by molar-refractivity contribution is 5.84. The average molecular weight is 205 g/mol. The SMILES string of the molecule is [c]1cnc2ccc(-c3ccncc3)cc2c1. The first-order valence-corrected chi connectivity index (χ1v) is 5.10. The standard InChI is InChI=1S/C14H9N2/c1-2-13-10-12(3-4-14(13)16-7-1)11-5-8-15-9-6-11/h2-10H. The largest absolute Gasteiger partial charge is 0.265 e. The lowest BCUT2D eigenvalue weighted by Gasteiger charge is -2.02. The molecule has 0 fully saturated rings. The minimum absolute atomic E-state index is 0.997. The molecule has 0 aliphatic carbocycles. The number of hydrogen-bond donors (Lipinski definition) is 0. The maximum atomic E-state index is 4.25. The van der Waals surface area contributed by atoms with Crippen LogP contribution in [0, 0.1) is 6.07 Å². The highest BCUT2D eigenvalue weighted by atomic mass is 14.6. The van der Waals surface area contributed by atoms with Crippen molar-refractivity contribution in [3.05, 3.63) is 61.1 Å². The molecule has 0 saturated heterocycles. The van der Waals surface area contributed by atoms with Gasteiger partial charge in [0.2, 0.25) is 0 Å². The smallest absolute Gasteiger partial charge is 0.0702 e. The van der Waals surface area contributed by atoms with Crippen LogP contribution in [-0.2, 0) is 0 Å². The molecule has 0 aliphatic heterocycles. The zero-order valence-electron chi connectivity index (χ0n) is 8.59. The molecule has 2 heteroatoms. The second-order valence-corrected chi connectivity index (χ2v) is 3.58. The molecule has 2 heterocycles. The van der Waals surface area contributed by atoms with E-state index in [1.165, 1.54) is 11.1 Å². The van der Waals surface area contributed by atoms with Crippen molar-refractivity contribution in [1.82, 2.24) is 9.97 Å². The third kappa shape index (κ3) is 1.54. The van der Waals surface area contributed by atoms with E-state index >= 15 is 0 Å². The monoisotopic (exact) mass is 205 g/mol. The van der Waals surface area contributed by atoms with Crippen LogP contribution in [0.1, 0.15) is 0 Å². The summed E-state index contributed by atoms with van der Waals surface area (Å²) in [5.41, 5.74) is 3.34. The summed E-state index contributed by atoms with van der Waals surface area (Å²) >= 11 is 0. The van der Waals surface area contributed by atoms with Crippen LogP contribution in [0.5, 0.6) is 0 Å². The molecule has 75 valence electrons. The average Bonchev–Trinajstić information content (AvgIpc) is 2.39. The highest BCUT2D eigenvalue weighted by Gasteiger charge is 1.99. The molecule has 2 nitrogen and oxygen atoms in total. The van der Waals surface area contributed by atoms with E-state index in [9.17, 15) is 0 Å². The predicted molar refractivity (Wildman–Crippen MR) is 63.8 cm³/mol. The summed E-state index contributed by atoms with van der Waals surface area (Å²) in [6, 6.07) is 15.2. The number of hydrogen-bond acceptors (Lipinski definition) is 2. The lowest BCUT2D eigenvalue weighted by molar-refractivity contribution is 1.33. The fourth-order valence-electron chi connectivity index (χ4n) is 1.75. The first-order valence-electron chi connectivity index (χ1n) is 5.10. The molecule has 2 aromatic heterocycles. The Labute approximate surface area is 93.6 Å². The third-order valence-electron chi connectivity index (χ3n) is 2.56. The van der Waals surface area contributed by atoms with Crippen LogP contribution < -0.4 is 0 Å². The van der Waals surface area contributed by atoms with Crippen molar-refractivity contribution in [2.75, 3.05) is 0 Å². The van der Waals surface area contributed by atoms with Gasteiger partial charge in [0.25, 0.3) is 0 Å². The van der Waals surface area contributed by atoms with E-state index in [0.29, 0.717) is 0 Å². The Morgan fingerprint density at radius 1 is 0.938 bits per heavy atom. The molecule has 0 amide bonds. The van der Waals surface area contributed by atoms with Gasteiger partial charge in [0, 0.05) is 30.0 Å². The second-order valence-electron chi connectivity index (χ2n) is 3.58. The Morgan fingerprint density at radius 2 is 1.81 bits per heavy atom. The van der Waals surface area contributed by atoms with Crippen molar-refractivity contribution in [2.45, 2.75) is 0 Å². The van der Waals surface area contributed by atoms with Crippen molar-refractivity contribution in [3.63, 3.8) is 0 Å². The summed E-state index contributed by atoms with van der Waals surface area (Å²) in [6.45, 7) is 0. The molecule has 3 rings (SSSR count). The fourth-order valence-corrected chi connectivity index (χ4v) is 1.75. The Bertz CT molecular complexity index is 618. The second kappa shape index (κ2) is 3.74. The lowest BCUT2D eigenvalue weighted by atomic mass is 10.0. The van der Waals surface area contributed by atoms with Crippen molar-refractivity contribution < 1.29 is 0 Å². The van der Waals surface area contributed by atoms with Gasteiger partial charge in [-0.05, 0) is 41.5 Å². The molecular formula is C14H9N2. The van der Waals surface area contributed by atoms with E-state index in [2.05, 4.69) is 28.2 Å². The zero-order chi connectivity index (χ0) is 10.8. The van der Waals surface area contributed by atoms with Crippen LogP contribution in [0.15, 0.2) is 55.0 Å². The van der Waals surface area contributed by atoms with E-state index in [-0.39, 0.29) is 0 Å². The van der Waals surface area contributed by atoms with Crippen LogP contribution in [-0.4, -0.2) is 9.97 Å². The normalized spacial score (nSPS) is 10.5. The fraction of sp³-hybridized carbons (Fsp3) is 0. The van der Waals surface area contributed by atoms with Crippen molar-refractivity contribution in [1.29, 1.82) is 0 Å². The number of benzene rings is 1. The van der Waals surface area contributed by atoms with E-state index in [1.54, 1.807) is 18.6 Å². The van der Waals surface area contributed by atoms with Gasteiger partial charge in [-0.15, -0.1) is 0 Å². The predicted octanol–water partition coefficient (Wildman–Crippen LogP) is 3.10. The lowest BCUT2D eigenvalue weighted by Crippen LogP contribution is -1.81. The van der Waals surface area contributed by atoms with Crippen LogP contribution in [0.25, 0.3) is 22.0 Å². The first-order chi connectivity index (χ1) is 7.93. The topological polar surface area (TPSA) is 25.8 Å². The summed E-state index contributed by atoms with van der Waals surface area (Å²) in [5, 5.41) is 1.11. The molecule has 1 aromatic carbocycles. The van der Waals surface area contributed by atoms with Crippen molar-refractivity contribution in [2.24, 2.45) is 0 Å². The van der Waals surface area contributed by atoms with Gasteiger partial charge in [-0.1, -0.05) is 6.07 Å². The van der Waals surface area contributed by atoms with E-state index in [4.69, 9.17) is 0 Å². The molecule has 0 atom stereocenters. The summed E-state index contributed by atoms with van der Waals surface area (Å²) in [4.78, 5) is 8.26. The first kappa shape index (κ1) is 9.04. The van der Waals surface area contributed by atoms with Gasteiger partial charge < -0.3 is 0 Å². The molecule has 16 heavy (non-hydrogen) atoms. The maximum absolute atomic E-state index is 4.25. The van der Waals surface area contributed by atoms with Crippen LogP contribution in [0.4, 0.5) is 0 Å². The minimum Gasteiger partial charge on any atom is -0.265 e. The molecule has 0 N–H and O–H groups in total. The Hall–Kier alpha value is -2.22. The van der Waals surface area contributed by atoms with E-state index < -0.39 is 0 Å². The van der Waals surface area contributed by atoms with Gasteiger partial charge in [0.15, 0.2) is 0 Å². The molecule has 3 aromatic rings. The minimum atomic E-state index is 0.997. The number of pyridine rings is 2. The van der Waals surface area contributed by atoms with Gasteiger partial charge in [0.05, 0.1) is 5.52 Å². The van der Waals surface area contributed by atoms with Crippen LogP contribution >= 0.6 is 0 Å².